The molecule has 0 bridgehead atoms. The fourth-order valence-corrected chi connectivity index (χ4v) is 3.90. The van der Waals surface area contributed by atoms with E-state index in [9.17, 15) is 0 Å². The lowest BCUT2D eigenvalue weighted by Gasteiger charge is -2.07. The molecule has 0 saturated carbocycles. The minimum absolute atomic E-state index is 0.295. The monoisotopic (exact) mass is 386 g/mol. The number of thiazole rings is 1. The first-order chi connectivity index (χ1) is 12.9. The van der Waals surface area contributed by atoms with Gasteiger partial charge in [-0.05, 0) is 26.2 Å². The van der Waals surface area contributed by atoms with E-state index in [4.69, 9.17) is 4.42 Å². The molecular formula is C21H30N4OS. The van der Waals surface area contributed by atoms with Gasteiger partial charge in [0.05, 0.1) is 11.2 Å². The molecule has 0 spiro atoms. The summed E-state index contributed by atoms with van der Waals surface area (Å²) in [6.07, 6.45) is 9.67. The van der Waals surface area contributed by atoms with E-state index < -0.39 is 0 Å². The minimum atomic E-state index is 0.295. The number of rotatable bonds is 9. The van der Waals surface area contributed by atoms with Crippen LogP contribution in [0.15, 0.2) is 23.0 Å². The first-order valence-corrected chi connectivity index (χ1v) is 10.6. The number of nitrogens with zero attached hydrogens (tertiary/aromatic N) is 3. The van der Waals surface area contributed by atoms with E-state index in [1.165, 1.54) is 15.6 Å². The van der Waals surface area contributed by atoms with Crippen molar-refractivity contribution in [2.75, 3.05) is 0 Å². The van der Waals surface area contributed by atoms with Gasteiger partial charge >= 0.3 is 0 Å². The zero-order valence-corrected chi connectivity index (χ0v) is 17.8. The number of aromatic amines is 1. The van der Waals surface area contributed by atoms with Crippen molar-refractivity contribution in [1.29, 1.82) is 0 Å². The van der Waals surface area contributed by atoms with Crippen LogP contribution in [-0.2, 0) is 12.8 Å². The molecule has 6 heteroatoms. The van der Waals surface area contributed by atoms with E-state index >= 15 is 0 Å². The molecule has 0 aliphatic carbocycles. The van der Waals surface area contributed by atoms with Crippen molar-refractivity contribution >= 4 is 11.3 Å². The van der Waals surface area contributed by atoms with Crippen LogP contribution in [0.2, 0.25) is 0 Å². The van der Waals surface area contributed by atoms with Gasteiger partial charge < -0.3 is 9.40 Å². The van der Waals surface area contributed by atoms with Gasteiger partial charge in [0.2, 0.25) is 0 Å². The zero-order chi connectivity index (χ0) is 19.4. The molecule has 3 rings (SSSR count). The number of hydrogen-bond donors (Lipinski definition) is 1. The number of nitrogens with one attached hydrogen (secondary N) is 1. The van der Waals surface area contributed by atoms with Gasteiger partial charge in [-0.2, -0.15) is 0 Å². The fourth-order valence-electron chi connectivity index (χ4n) is 3.04. The van der Waals surface area contributed by atoms with Gasteiger partial charge in [-0.25, -0.2) is 15.0 Å². The highest BCUT2D eigenvalue weighted by molar-refractivity contribution is 7.11. The molecule has 0 aliphatic heterocycles. The van der Waals surface area contributed by atoms with Crippen molar-refractivity contribution in [3.05, 3.63) is 51.6 Å². The van der Waals surface area contributed by atoms with Gasteiger partial charge in [0, 0.05) is 47.1 Å². The van der Waals surface area contributed by atoms with E-state index in [2.05, 4.69) is 54.6 Å². The predicted octanol–water partition coefficient (Wildman–Crippen LogP) is 5.76. The summed E-state index contributed by atoms with van der Waals surface area (Å²) >= 11 is 1.78. The van der Waals surface area contributed by atoms with Crippen LogP contribution in [0.4, 0.5) is 0 Å². The van der Waals surface area contributed by atoms with Gasteiger partial charge in [0.15, 0.2) is 5.89 Å². The Labute approximate surface area is 165 Å². The number of hydrogen-bond acceptors (Lipinski definition) is 5. The molecule has 0 radical (unpaired) electrons. The van der Waals surface area contributed by atoms with Crippen molar-refractivity contribution in [2.24, 2.45) is 0 Å². The highest BCUT2D eigenvalue weighted by atomic mass is 32.1. The van der Waals surface area contributed by atoms with Crippen LogP contribution in [-0.4, -0.2) is 19.9 Å². The Hall–Kier alpha value is -1.95. The molecular weight excluding hydrogens is 356 g/mol. The van der Waals surface area contributed by atoms with Crippen LogP contribution in [0.25, 0.3) is 0 Å². The molecule has 3 aromatic rings. The van der Waals surface area contributed by atoms with Crippen LogP contribution < -0.4 is 0 Å². The zero-order valence-electron chi connectivity index (χ0n) is 17.0. The molecule has 3 aromatic heterocycles. The molecule has 0 amide bonds. The molecule has 0 aliphatic rings. The third-order valence-corrected chi connectivity index (χ3v) is 6.06. The summed E-state index contributed by atoms with van der Waals surface area (Å²) in [7, 11) is 0. The molecule has 2 unspecified atom stereocenters. The molecule has 3 heterocycles. The molecule has 146 valence electrons. The van der Waals surface area contributed by atoms with Gasteiger partial charge in [0.25, 0.3) is 0 Å². The lowest BCUT2D eigenvalue weighted by molar-refractivity contribution is 0.410. The van der Waals surface area contributed by atoms with E-state index in [1.54, 1.807) is 11.3 Å². The van der Waals surface area contributed by atoms with Crippen molar-refractivity contribution in [1.82, 2.24) is 19.9 Å². The lowest BCUT2D eigenvalue weighted by atomic mass is 10.0. The Morgan fingerprint density at radius 1 is 0.963 bits per heavy atom. The maximum atomic E-state index is 6.01. The smallest absolute Gasteiger partial charge is 0.197 e. The van der Waals surface area contributed by atoms with Crippen LogP contribution in [0, 0.1) is 6.92 Å². The lowest BCUT2D eigenvalue weighted by Crippen LogP contribution is -1.98. The van der Waals surface area contributed by atoms with Gasteiger partial charge in [0.1, 0.15) is 11.6 Å². The molecule has 5 nitrogen and oxygen atoms in total. The highest BCUT2D eigenvalue weighted by Crippen LogP contribution is 2.27. The first-order valence-electron chi connectivity index (χ1n) is 9.83. The average molecular weight is 387 g/mol. The molecule has 27 heavy (non-hydrogen) atoms. The van der Waals surface area contributed by atoms with Crippen molar-refractivity contribution in [3.63, 3.8) is 0 Å². The topological polar surface area (TPSA) is 67.6 Å². The molecule has 0 fully saturated rings. The molecule has 0 saturated heterocycles. The second kappa shape index (κ2) is 8.83. The van der Waals surface area contributed by atoms with E-state index in [1.807, 2.05) is 18.6 Å². The Kier molecular flexibility index (Phi) is 6.47. The van der Waals surface area contributed by atoms with Gasteiger partial charge in [-0.1, -0.05) is 27.7 Å². The summed E-state index contributed by atoms with van der Waals surface area (Å²) in [6, 6.07) is 0. The Morgan fingerprint density at radius 2 is 1.74 bits per heavy atom. The van der Waals surface area contributed by atoms with E-state index in [0.717, 1.165) is 43.2 Å². The Morgan fingerprint density at radius 3 is 2.41 bits per heavy atom. The Balaban J connectivity index is 1.48. The maximum Gasteiger partial charge on any atom is 0.197 e. The second-order valence-electron chi connectivity index (χ2n) is 7.80. The maximum absolute atomic E-state index is 6.01. The van der Waals surface area contributed by atoms with Crippen LogP contribution in [0.5, 0.6) is 0 Å². The average Bonchev–Trinajstić information content (AvgIpc) is 3.37. The minimum Gasteiger partial charge on any atom is -0.445 e. The fraction of sp³-hybridized carbons (Fsp3) is 0.571. The third kappa shape index (κ3) is 5.28. The van der Waals surface area contributed by atoms with Crippen molar-refractivity contribution in [3.8, 4) is 0 Å². The molecule has 1 N–H and O–H groups in total. The number of aromatic nitrogens is 4. The third-order valence-electron chi connectivity index (χ3n) is 4.92. The summed E-state index contributed by atoms with van der Waals surface area (Å²) in [6.45, 7) is 10.8. The highest BCUT2D eigenvalue weighted by Gasteiger charge is 2.15. The number of H-pyrrole nitrogens is 1. The number of oxazole rings is 1. The first kappa shape index (κ1) is 19.8. The summed E-state index contributed by atoms with van der Waals surface area (Å²) in [5.41, 5.74) is 1.19. The SMILES string of the molecule is Cc1cnc(C(C)CCc2cnc(C(C)CCc3cnc(C(C)C)[nH]3)o2)s1. The summed E-state index contributed by atoms with van der Waals surface area (Å²) in [5.74, 6) is 4.04. The number of imidazole rings is 1. The molecule has 2 atom stereocenters. The predicted molar refractivity (Wildman–Crippen MR) is 110 cm³/mol. The van der Waals surface area contributed by atoms with Crippen LogP contribution in [0.3, 0.4) is 0 Å². The van der Waals surface area contributed by atoms with Crippen LogP contribution in [0.1, 0.15) is 91.3 Å². The van der Waals surface area contributed by atoms with Gasteiger partial charge in [-0.3, -0.25) is 0 Å². The summed E-state index contributed by atoms with van der Waals surface area (Å²) < 4.78 is 6.01. The second-order valence-corrected chi connectivity index (χ2v) is 9.07. The number of aryl methyl sites for hydroxylation is 3. The normalized spacial score (nSPS) is 14.0. The van der Waals surface area contributed by atoms with Crippen LogP contribution >= 0.6 is 11.3 Å². The largest absolute Gasteiger partial charge is 0.445 e. The van der Waals surface area contributed by atoms with Crippen molar-refractivity contribution < 1.29 is 4.42 Å². The Bertz CT molecular complexity index is 848. The standard InChI is InChI=1S/C21H30N4OS/c1-13(2)19-22-11-17(25-19)8-6-14(3)20-23-12-18(26-20)9-7-15(4)21-24-10-16(5)27-21/h10-15H,6-9H2,1-5H3,(H,22,25). The van der Waals surface area contributed by atoms with E-state index in [0.29, 0.717) is 17.8 Å². The van der Waals surface area contributed by atoms with Gasteiger partial charge in [-0.15, -0.1) is 11.3 Å². The van der Waals surface area contributed by atoms with Crippen molar-refractivity contribution in [2.45, 2.75) is 78.1 Å². The summed E-state index contributed by atoms with van der Waals surface area (Å²) in [5, 5.41) is 1.21. The summed E-state index contributed by atoms with van der Waals surface area (Å²) in [4.78, 5) is 18.1. The quantitative estimate of drug-likeness (QED) is 0.508. The molecule has 0 aromatic carbocycles. The van der Waals surface area contributed by atoms with E-state index in [-0.39, 0.29) is 0 Å².